The number of ether oxygens (including phenoxy) is 1. The highest BCUT2D eigenvalue weighted by atomic mass is 16.5. The second-order valence-corrected chi connectivity index (χ2v) is 5.96. The molecule has 0 aliphatic carbocycles. The molecule has 0 unspecified atom stereocenters. The number of nitrogens with zero attached hydrogens (tertiary/aromatic N) is 1. The molecule has 0 amide bonds. The van der Waals surface area contributed by atoms with E-state index in [0.29, 0.717) is 0 Å². The number of aryl methyl sites for hydroxylation is 1. The summed E-state index contributed by atoms with van der Waals surface area (Å²) in [6, 6.07) is 14.3. The van der Waals surface area contributed by atoms with Gasteiger partial charge in [0.2, 0.25) is 0 Å². The van der Waals surface area contributed by atoms with Crippen molar-refractivity contribution in [2.75, 3.05) is 0 Å². The first kappa shape index (κ1) is 15.0. The van der Waals surface area contributed by atoms with Gasteiger partial charge in [-0.2, -0.15) is 0 Å². The highest BCUT2D eigenvalue weighted by Crippen LogP contribution is 2.43. The number of hydrogen-bond donors (Lipinski definition) is 0. The molecule has 1 radical (unpaired) electrons. The molecule has 0 aromatic heterocycles. The molecular weight excluding hydrogens is 270 g/mol. The van der Waals surface area contributed by atoms with Crippen LogP contribution in [0.3, 0.4) is 0 Å². The van der Waals surface area contributed by atoms with E-state index in [-0.39, 0.29) is 0 Å². The van der Waals surface area contributed by atoms with Gasteiger partial charge in [0, 0.05) is 0 Å². The third kappa shape index (κ3) is 3.44. The Hall–Kier alpha value is -1.96. The summed E-state index contributed by atoms with van der Waals surface area (Å²) in [5, 5.41) is 4.81. The average Bonchev–Trinajstić information content (AvgIpc) is 2.56. The summed E-state index contributed by atoms with van der Waals surface area (Å²) in [5.41, 5.74) is 3.27. The predicted molar refractivity (Wildman–Crippen MR) is 91.5 cm³/mol. The van der Waals surface area contributed by atoms with E-state index >= 15 is 0 Å². The lowest BCUT2D eigenvalue weighted by Gasteiger charge is -2.21. The predicted octanol–water partition coefficient (Wildman–Crippen LogP) is 6.26. The minimum absolute atomic E-state index is 0.853. The van der Waals surface area contributed by atoms with Crippen molar-refractivity contribution in [3.63, 3.8) is 0 Å². The van der Waals surface area contributed by atoms with E-state index in [1.807, 2.05) is 30.3 Å². The second-order valence-electron chi connectivity index (χ2n) is 5.96. The van der Waals surface area contributed by atoms with Crippen LogP contribution in [0, 0.1) is 0 Å². The molecule has 0 atom stereocenters. The minimum atomic E-state index is 0.853. The van der Waals surface area contributed by atoms with E-state index in [9.17, 15) is 0 Å². The first-order valence-electron chi connectivity index (χ1n) is 8.49. The Morgan fingerprint density at radius 3 is 2.50 bits per heavy atom. The SMILES string of the molecule is CCCCCCCCc1cccc2c1[N]c1ccccc1O2. The van der Waals surface area contributed by atoms with Gasteiger partial charge in [-0.05, 0) is 36.6 Å². The van der Waals surface area contributed by atoms with Gasteiger partial charge in [-0.3, -0.25) is 0 Å². The highest BCUT2D eigenvalue weighted by molar-refractivity contribution is 5.70. The van der Waals surface area contributed by atoms with E-state index in [4.69, 9.17) is 10.1 Å². The standard InChI is InChI=1S/C20H24NO/c1-2-3-4-5-6-7-11-16-12-10-15-19-20(16)21-17-13-8-9-14-18(17)22-19/h8-10,12-15H,2-7,11H2,1H3. The number of unbranched alkanes of at least 4 members (excludes halogenated alkanes) is 5. The Bertz CT molecular complexity index is 621. The molecule has 0 N–H and O–H groups in total. The lowest BCUT2D eigenvalue weighted by Crippen LogP contribution is -2.04. The second kappa shape index (κ2) is 7.35. The van der Waals surface area contributed by atoms with Gasteiger partial charge in [0.25, 0.3) is 0 Å². The molecule has 1 heterocycles. The number of para-hydroxylation sites is 3. The van der Waals surface area contributed by atoms with Crippen molar-refractivity contribution in [3.05, 3.63) is 48.0 Å². The third-order valence-corrected chi connectivity index (χ3v) is 4.20. The molecule has 0 saturated heterocycles. The maximum Gasteiger partial charge on any atom is 0.153 e. The Morgan fingerprint density at radius 2 is 1.59 bits per heavy atom. The van der Waals surface area contributed by atoms with Gasteiger partial charge in [-0.1, -0.05) is 63.3 Å². The molecule has 2 nitrogen and oxygen atoms in total. The first-order valence-corrected chi connectivity index (χ1v) is 8.49. The summed E-state index contributed by atoms with van der Waals surface area (Å²) >= 11 is 0. The Balaban J connectivity index is 1.63. The summed E-state index contributed by atoms with van der Waals surface area (Å²) in [6.07, 6.45) is 9.01. The minimum Gasteiger partial charge on any atom is -0.453 e. The van der Waals surface area contributed by atoms with Gasteiger partial charge in [0.1, 0.15) is 11.4 Å². The summed E-state index contributed by atoms with van der Waals surface area (Å²) in [5.74, 6) is 1.74. The normalized spacial score (nSPS) is 12.0. The van der Waals surface area contributed by atoms with Crippen LogP contribution in [0.1, 0.15) is 51.0 Å². The van der Waals surface area contributed by atoms with Crippen LogP contribution in [0.2, 0.25) is 0 Å². The molecule has 2 heteroatoms. The molecule has 2 aromatic rings. The number of fused-ring (bicyclic) bond motifs is 2. The van der Waals surface area contributed by atoms with Gasteiger partial charge in [-0.25, -0.2) is 5.32 Å². The Kier molecular flexibility index (Phi) is 4.99. The van der Waals surface area contributed by atoms with Crippen LogP contribution < -0.4 is 10.1 Å². The van der Waals surface area contributed by atoms with Crippen molar-refractivity contribution >= 4 is 11.4 Å². The van der Waals surface area contributed by atoms with Crippen molar-refractivity contribution in [2.24, 2.45) is 0 Å². The smallest absolute Gasteiger partial charge is 0.153 e. The number of hydrogen-bond acceptors (Lipinski definition) is 1. The lowest BCUT2D eigenvalue weighted by molar-refractivity contribution is 0.470. The van der Waals surface area contributed by atoms with Crippen molar-refractivity contribution in [2.45, 2.75) is 51.9 Å². The summed E-state index contributed by atoms with van der Waals surface area (Å²) in [6.45, 7) is 2.26. The molecule has 0 saturated carbocycles. The fourth-order valence-corrected chi connectivity index (χ4v) is 2.95. The number of benzene rings is 2. The zero-order valence-electron chi connectivity index (χ0n) is 13.3. The molecule has 115 valence electrons. The molecular formula is C20H24NO. The average molecular weight is 294 g/mol. The monoisotopic (exact) mass is 294 g/mol. The van der Waals surface area contributed by atoms with E-state index in [2.05, 4.69) is 19.1 Å². The Morgan fingerprint density at radius 1 is 0.818 bits per heavy atom. The maximum atomic E-state index is 5.98. The molecule has 2 aromatic carbocycles. The summed E-state index contributed by atoms with van der Waals surface area (Å²) in [7, 11) is 0. The van der Waals surface area contributed by atoms with Crippen LogP contribution in [-0.4, -0.2) is 0 Å². The van der Waals surface area contributed by atoms with Gasteiger partial charge in [0.15, 0.2) is 11.5 Å². The van der Waals surface area contributed by atoms with Gasteiger partial charge >= 0.3 is 0 Å². The summed E-state index contributed by atoms with van der Waals surface area (Å²) < 4.78 is 5.98. The zero-order chi connectivity index (χ0) is 15.2. The van der Waals surface area contributed by atoms with Crippen LogP contribution in [0.25, 0.3) is 0 Å². The van der Waals surface area contributed by atoms with Gasteiger partial charge in [0.05, 0.1) is 0 Å². The van der Waals surface area contributed by atoms with Crippen molar-refractivity contribution < 1.29 is 4.74 Å². The van der Waals surface area contributed by atoms with Gasteiger partial charge in [-0.15, -0.1) is 0 Å². The zero-order valence-corrected chi connectivity index (χ0v) is 13.3. The van der Waals surface area contributed by atoms with E-state index in [0.717, 1.165) is 29.3 Å². The molecule has 1 aliphatic rings. The Labute approximate surface area is 133 Å². The maximum absolute atomic E-state index is 5.98. The first-order chi connectivity index (χ1) is 10.9. The van der Waals surface area contributed by atoms with Crippen molar-refractivity contribution in [3.8, 4) is 11.5 Å². The third-order valence-electron chi connectivity index (χ3n) is 4.20. The fraction of sp³-hybridized carbons (Fsp3) is 0.400. The van der Waals surface area contributed by atoms with E-state index in [1.54, 1.807) is 0 Å². The quantitative estimate of drug-likeness (QED) is 0.471. The van der Waals surface area contributed by atoms with Crippen LogP contribution in [-0.2, 0) is 6.42 Å². The lowest BCUT2D eigenvalue weighted by atomic mass is 10.0. The van der Waals surface area contributed by atoms with Crippen LogP contribution in [0.15, 0.2) is 42.5 Å². The van der Waals surface area contributed by atoms with Crippen molar-refractivity contribution in [1.29, 1.82) is 0 Å². The molecule has 0 fully saturated rings. The van der Waals surface area contributed by atoms with Crippen LogP contribution in [0.5, 0.6) is 11.5 Å². The summed E-state index contributed by atoms with van der Waals surface area (Å²) in [4.78, 5) is 0. The molecule has 0 spiro atoms. The van der Waals surface area contributed by atoms with E-state index in [1.165, 1.54) is 44.1 Å². The highest BCUT2D eigenvalue weighted by Gasteiger charge is 2.19. The largest absolute Gasteiger partial charge is 0.453 e. The molecule has 22 heavy (non-hydrogen) atoms. The van der Waals surface area contributed by atoms with Crippen LogP contribution in [0.4, 0.5) is 11.4 Å². The van der Waals surface area contributed by atoms with E-state index < -0.39 is 0 Å². The molecule has 3 rings (SSSR count). The number of rotatable bonds is 7. The van der Waals surface area contributed by atoms with Crippen molar-refractivity contribution in [1.82, 2.24) is 5.32 Å². The molecule has 0 bridgehead atoms. The van der Waals surface area contributed by atoms with Crippen LogP contribution >= 0.6 is 0 Å². The van der Waals surface area contributed by atoms with Gasteiger partial charge < -0.3 is 4.74 Å². The topological polar surface area (TPSA) is 23.3 Å². The fourth-order valence-electron chi connectivity index (χ4n) is 2.95. The molecule has 1 aliphatic heterocycles.